The lowest BCUT2D eigenvalue weighted by Crippen LogP contribution is -2.24. The maximum absolute atomic E-state index is 12.3. The zero-order chi connectivity index (χ0) is 18.9. The molecule has 0 saturated carbocycles. The number of rotatable bonds is 7. The molecule has 1 atom stereocenters. The summed E-state index contributed by atoms with van der Waals surface area (Å²) in [6.07, 6.45) is 0.599. The van der Waals surface area contributed by atoms with Crippen molar-refractivity contribution in [2.45, 2.75) is 31.1 Å². The van der Waals surface area contributed by atoms with E-state index in [1.807, 2.05) is 55.6 Å². The van der Waals surface area contributed by atoms with Crippen LogP contribution < -0.4 is 5.32 Å². The average molecular weight is 368 g/mol. The first-order chi connectivity index (χ1) is 12.5. The monoisotopic (exact) mass is 368 g/mol. The summed E-state index contributed by atoms with van der Waals surface area (Å²) in [5, 5.41) is 13.4. The number of hydrogen-bond acceptors (Lipinski definition) is 5. The molecule has 0 aromatic heterocycles. The predicted octanol–water partition coefficient (Wildman–Crippen LogP) is 4.24. The molecule has 26 heavy (non-hydrogen) atoms. The first-order valence-corrected chi connectivity index (χ1v) is 9.04. The quantitative estimate of drug-likeness (QED) is 0.449. The van der Waals surface area contributed by atoms with Crippen molar-refractivity contribution in [3.8, 4) is 5.40 Å². The van der Waals surface area contributed by atoms with Crippen LogP contribution in [0.15, 0.2) is 53.4 Å². The first-order valence-electron chi connectivity index (χ1n) is 8.23. The van der Waals surface area contributed by atoms with E-state index >= 15 is 0 Å². The normalized spacial score (nSPS) is 11.3. The Bertz CT molecular complexity index is 816. The minimum absolute atomic E-state index is 0.337. The van der Waals surface area contributed by atoms with Gasteiger partial charge in [0.1, 0.15) is 5.40 Å². The van der Waals surface area contributed by atoms with Crippen LogP contribution in [-0.4, -0.2) is 18.5 Å². The van der Waals surface area contributed by atoms with E-state index < -0.39 is 11.9 Å². The lowest BCUT2D eigenvalue weighted by atomic mass is 9.97. The van der Waals surface area contributed by atoms with Crippen molar-refractivity contribution in [2.24, 2.45) is 0 Å². The van der Waals surface area contributed by atoms with Gasteiger partial charge in [-0.2, -0.15) is 5.26 Å². The number of nitriles is 1. The van der Waals surface area contributed by atoms with Crippen LogP contribution in [0.3, 0.4) is 0 Å². The molecule has 0 spiro atoms. The average Bonchev–Trinajstić information content (AvgIpc) is 2.64. The Hall–Kier alpha value is -2.78. The number of anilines is 1. The molecule has 2 aromatic rings. The van der Waals surface area contributed by atoms with Gasteiger partial charge >= 0.3 is 5.97 Å². The molecule has 0 fully saturated rings. The second-order valence-corrected chi connectivity index (χ2v) is 6.56. The van der Waals surface area contributed by atoms with Crippen molar-refractivity contribution < 1.29 is 14.3 Å². The summed E-state index contributed by atoms with van der Waals surface area (Å²) in [5.74, 6) is -1.19. The number of ether oxygens (including phenoxy) is 1. The number of aryl methyl sites for hydroxylation is 1. The van der Waals surface area contributed by atoms with Gasteiger partial charge in [0, 0.05) is 10.6 Å². The van der Waals surface area contributed by atoms with Gasteiger partial charge in [0.2, 0.25) is 0 Å². The fourth-order valence-electron chi connectivity index (χ4n) is 2.54. The third kappa shape index (κ3) is 5.36. The SMILES string of the molecule is CC[C@H](C(=O)OCC(=O)Nc1ccc(SC#N)cc1C)c1ccccc1. The van der Waals surface area contributed by atoms with Gasteiger partial charge in [0.05, 0.1) is 5.92 Å². The highest BCUT2D eigenvalue weighted by atomic mass is 32.2. The number of hydrogen-bond donors (Lipinski definition) is 1. The number of amides is 1. The number of benzene rings is 2. The van der Waals surface area contributed by atoms with Gasteiger partial charge in [-0.3, -0.25) is 9.59 Å². The highest BCUT2D eigenvalue weighted by Gasteiger charge is 2.21. The highest BCUT2D eigenvalue weighted by Crippen LogP contribution is 2.23. The van der Waals surface area contributed by atoms with Crippen LogP contribution in [0.25, 0.3) is 0 Å². The Morgan fingerprint density at radius 2 is 1.96 bits per heavy atom. The minimum atomic E-state index is -0.411. The lowest BCUT2D eigenvalue weighted by Gasteiger charge is -2.15. The molecule has 0 unspecified atom stereocenters. The van der Waals surface area contributed by atoms with Crippen molar-refractivity contribution in [1.82, 2.24) is 0 Å². The Kier molecular flexibility index (Phi) is 7.24. The van der Waals surface area contributed by atoms with E-state index in [1.165, 1.54) is 0 Å². The number of carbonyl (C=O) groups is 2. The summed E-state index contributed by atoms with van der Waals surface area (Å²) in [5.41, 5.74) is 2.34. The molecule has 1 amide bonds. The maximum Gasteiger partial charge on any atom is 0.313 e. The van der Waals surface area contributed by atoms with Gasteiger partial charge in [-0.25, -0.2) is 0 Å². The summed E-state index contributed by atoms with van der Waals surface area (Å²) in [7, 11) is 0. The number of nitrogens with zero attached hydrogens (tertiary/aromatic N) is 1. The van der Waals surface area contributed by atoms with Crippen molar-refractivity contribution in [3.63, 3.8) is 0 Å². The molecule has 0 aliphatic heterocycles. The molecule has 0 heterocycles. The molecule has 134 valence electrons. The molecule has 1 N–H and O–H groups in total. The van der Waals surface area contributed by atoms with Gasteiger partial charge in [0.15, 0.2) is 6.61 Å². The molecule has 2 rings (SSSR count). The van der Waals surface area contributed by atoms with Gasteiger partial charge in [-0.05, 0) is 54.4 Å². The van der Waals surface area contributed by atoms with E-state index in [0.29, 0.717) is 12.1 Å². The van der Waals surface area contributed by atoms with Crippen LogP contribution in [0, 0.1) is 17.6 Å². The summed E-state index contributed by atoms with van der Waals surface area (Å²) in [4.78, 5) is 25.2. The van der Waals surface area contributed by atoms with E-state index in [-0.39, 0.29) is 12.5 Å². The summed E-state index contributed by atoms with van der Waals surface area (Å²) >= 11 is 1.06. The second-order valence-electron chi connectivity index (χ2n) is 5.70. The van der Waals surface area contributed by atoms with Crippen molar-refractivity contribution in [2.75, 3.05) is 11.9 Å². The number of thioether (sulfide) groups is 1. The van der Waals surface area contributed by atoms with Crippen LogP contribution in [0.4, 0.5) is 5.69 Å². The number of esters is 1. The first kappa shape index (κ1) is 19.5. The molecule has 5 nitrogen and oxygen atoms in total. The summed E-state index contributed by atoms with van der Waals surface area (Å²) in [6.45, 7) is 3.41. The lowest BCUT2D eigenvalue weighted by molar-refractivity contribution is -0.149. The molecular weight excluding hydrogens is 348 g/mol. The molecule has 0 bridgehead atoms. The molecule has 6 heteroatoms. The van der Waals surface area contributed by atoms with Gasteiger partial charge in [-0.1, -0.05) is 37.3 Å². The van der Waals surface area contributed by atoms with Crippen molar-refractivity contribution in [1.29, 1.82) is 5.26 Å². The van der Waals surface area contributed by atoms with E-state index in [0.717, 1.165) is 27.8 Å². The van der Waals surface area contributed by atoms with E-state index in [9.17, 15) is 9.59 Å². The summed E-state index contributed by atoms with van der Waals surface area (Å²) in [6, 6.07) is 14.7. The molecule has 2 aromatic carbocycles. The smallest absolute Gasteiger partial charge is 0.313 e. The van der Waals surface area contributed by atoms with Crippen LogP contribution in [0.1, 0.15) is 30.4 Å². The van der Waals surface area contributed by atoms with Crippen LogP contribution >= 0.6 is 11.8 Å². The number of nitrogens with one attached hydrogen (secondary N) is 1. The Labute approximate surface area is 157 Å². The van der Waals surface area contributed by atoms with E-state index in [4.69, 9.17) is 10.00 Å². The largest absolute Gasteiger partial charge is 0.455 e. The number of carbonyl (C=O) groups excluding carboxylic acids is 2. The van der Waals surface area contributed by atoms with Crippen molar-refractivity contribution in [3.05, 3.63) is 59.7 Å². The third-order valence-electron chi connectivity index (χ3n) is 3.88. The standard InChI is InChI=1S/C20H20N2O3S/c1-3-17(15-7-5-4-6-8-15)20(24)25-12-19(23)22-18-10-9-16(26-13-21)11-14(18)2/h4-11,17H,3,12H2,1-2H3,(H,22,23)/t17-/m0/s1. The zero-order valence-electron chi connectivity index (χ0n) is 14.7. The van der Waals surface area contributed by atoms with Crippen molar-refractivity contribution >= 4 is 29.3 Å². The molecule has 0 saturated heterocycles. The van der Waals surface area contributed by atoms with Crippen LogP contribution in [-0.2, 0) is 14.3 Å². The summed E-state index contributed by atoms with van der Waals surface area (Å²) < 4.78 is 5.19. The molecule has 0 aliphatic rings. The fourth-order valence-corrected chi connectivity index (χ4v) is 3.02. The van der Waals surface area contributed by atoms with Gasteiger partial charge in [-0.15, -0.1) is 0 Å². The van der Waals surface area contributed by atoms with Gasteiger partial charge < -0.3 is 10.1 Å². The molecular formula is C20H20N2O3S. The maximum atomic E-state index is 12.3. The second kappa shape index (κ2) is 9.64. The Morgan fingerprint density at radius 1 is 1.23 bits per heavy atom. The zero-order valence-corrected chi connectivity index (χ0v) is 15.5. The number of thiocyanates is 1. The Balaban J connectivity index is 1.92. The van der Waals surface area contributed by atoms with Gasteiger partial charge in [0.25, 0.3) is 5.91 Å². The molecule has 0 radical (unpaired) electrons. The Morgan fingerprint density at radius 3 is 2.58 bits per heavy atom. The third-order valence-corrected chi connectivity index (χ3v) is 4.46. The van der Waals surface area contributed by atoms with Crippen LogP contribution in [0.2, 0.25) is 0 Å². The highest BCUT2D eigenvalue weighted by molar-refractivity contribution is 8.03. The topological polar surface area (TPSA) is 79.2 Å². The fraction of sp³-hybridized carbons (Fsp3) is 0.250. The van der Waals surface area contributed by atoms with E-state index in [2.05, 4.69) is 5.32 Å². The predicted molar refractivity (Wildman–Crippen MR) is 102 cm³/mol. The van der Waals surface area contributed by atoms with E-state index in [1.54, 1.807) is 12.1 Å². The molecule has 0 aliphatic carbocycles. The minimum Gasteiger partial charge on any atom is -0.455 e. The van der Waals surface area contributed by atoms with Crippen LogP contribution in [0.5, 0.6) is 0 Å².